The van der Waals surface area contributed by atoms with Crippen molar-refractivity contribution in [2.45, 2.75) is 24.8 Å². The lowest BCUT2D eigenvalue weighted by atomic mass is 10.1. The molecule has 1 saturated heterocycles. The van der Waals surface area contributed by atoms with Gasteiger partial charge in [-0.3, -0.25) is 10.1 Å². The van der Waals surface area contributed by atoms with Crippen LogP contribution >= 0.6 is 12.4 Å². The van der Waals surface area contributed by atoms with E-state index in [4.69, 9.17) is 14.2 Å². The van der Waals surface area contributed by atoms with Crippen LogP contribution in [0.25, 0.3) is 0 Å². The third-order valence-corrected chi connectivity index (χ3v) is 3.91. The number of ether oxygens (including phenoxy) is 3. The average Bonchev–Trinajstić information content (AvgIpc) is 2.93. The summed E-state index contributed by atoms with van der Waals surface area (Å²) in [5.74, 6) is -1.71. The fourth-order valence-electron chi connectivity index (χ4n) is 2.70. The standard InChI is InChI=1S/C16H22F2N2O4.ClH/c1-22-12-5-4-10(13(23-2)14(12)24-3)6-7-19-15(21)11-8-16(17,18)9-20-11;/h4-5,11,20H,6-9H2,1-3H3,(H,19,21);1H. The van der Waals surface area contributed by atoms with Crippen LogP contribution in [0.15, 0.2) is 12.1 Å². The molecule has 0 aromatic heterocycles. The highest BCUT2D eigenvalue weighted by atomic mass is 35.5. The van der Waals surface area contributed by atoms with Crippen LogP contribution in [0.4, 0.5) is 8.78 Å². The normalized spacial score (nSPS) is 18.2. The van der Waals surface area contributed by atoms with E-state index in [1.54, 1.807) is 6.07 Å². The summed E-state index contributed by atoms with van der Waals surface area (Å²) in [7, 11) is 4.56. The van der Waals surface area contributed by atoms with Crippen molar-refractivity contribution in [1.82, 2.24) is 10.6 Å². The molecule has 1 aliphatic rings. The molecule has 6 nitrogen and oxygen atoms in total. The lowest BCUT2D eigenvalue weighted by molar-refractivity contribution is -0.123. The fourth-order valence-corrected chi connectivity index (χ4v) is 2.70. The minimum Gasteiger partial charge on any atom is -0.493 e. The maximum atomic E-state index is 13.1. The van der Waals surface area contributed by atoms with Gasteiger partial charge in [0.05, 0.1) is 33.9 Å². The number of methoxy groups -OCH3 is 3. The summed E-state index contributed by atoms with van der Waals surface area (Å²) in [4.78, 5) is 11.9. The zero-order valence-electron chi connectivity index (χ0n) is 14.4. The molecule has 2 rings (SSSR count). The second-order valence-corrected chi connectivity index (χ2v) is 5.53. The molecule has 0 bridgehead atoms. The van der Waals surface area contributed by atoms with E-state index in [-0.39, 0.29) is 12.4 Å². The number of halogens is 3. The zero-order valence-corrected chi connectivity index (χ0v) is 15.2. The SMILES string of the molecule is COc1ccc(CCNC(=O)C2CC(F)(F)CN2)c(OC)c1OC.Cl. The van der Waals surface area contributed by atoms with E-state index in [1.165, 1.54) is 21.3 Å². The quantitative estimate of drug-likeness (QED) is 0.755. The number of hydrogen-bond acceptors (Lipinski definition) is 5. The van der Waals surface area contributed by atoms with Crippen LogP contribution in [0.1, 0.15) is 12.0 Å². The predicted molar refractivity (Wildman–Crippen MR) is 91.4 cm³/mol. The molecule has 1 aromatic rings. The lowest BCUT2D eigenvalue weighted by Gasteiger charge is -2.16. The van der Waals surface area contributed by atoms with Crippen molar-refractivity contribution in [1.29, 1.82) is 0 Å². The number of carbonyl (C=O) groups is 1. The third kappa shape index (κ3) is 5.09. The summed E-state index contributed by atoms with van der Waals surface area (Å²) in [5, 5.41) is 5.19. The summed E-state index contributed by atoms with van der Waals surface area (Å²) in [6.45, 7) is -0.164. The number of alkyl halides is 2. The molecule has 9 heteroatoms. The van der Waals surface area contributed by atoms with Gasteiger partial charge in [-0.25, -0.2) is 8.78 Å². The van der Waals surface area contributed by atoms with Crippen molar-refractivity contribution in [2.24, 2.45) is 0 Å². The first-order valence-corrected chi connectivity index (χ1v) is 7.58. The van der Waals surface area contributed by atoms with E-state index in [2.05, 4.69) is 10.6 Å². The van der Waals surface area contributed by atoms with Crippen LogP contribution < -0.4 is 24.8 Å². The Morgan fingerprint density at radius 1 is 1.24 bits per heavy atom. The van der Waals surface area contributed by atoms with Gasteiger partial charge in [0.25, 0.3) is 5.92 Å². The average molecular weight is 381 g/mol. The molecule has 1 fully saturated rings. The molecular formula is C16H23ClF2N2O4. The number of carbonyl (C=O) groups excluding carboxylic acids is 1. The molecule has 1 atom stereocenters. The number of nitrogens with one attached hydrogen (secondary N) is 2. The van der Waals surface area contributed by atoms with Crippen LogP contribution in [-0.4, -0.2) is 52.3 Å². The molecule has 1 amide bonds. The van der Waals surface area contributed by atoms with Gasteiger partial charge >= 0.3 is 0 Å². The van der Waals surface area contributed by atoms with Gasteiger partial charge in [0.1, 0.15) is 0 Å². The minimum atomic E-state index is -2.82. The summed E-state index contributed by atoms with van der Waals surface area (Å²) in [6, 6.07) is 2.71. The molecule has 142 valence electrons. The van der Waals surface area contributed by atoms with E-state index in [9.17, 15) is 13.6 Å². The van der Waals surface area contributed by atoms with Crippen LogP contribution in [0.5, 0.6) is 17.2 Å². The van der Waals surface area contributed by atoms with Crippen molar-refractivity contribution in [3.05, 3.63) is 17.7 Å². The van der Waals surface area contributed by atoms with Crippen LogP contribution in [0, 0.1) is 0 Å². The maximum absolute atomic E-state index is 13.1. The summed E-state index contributed by atoms with van der Waals surface area (Å²) in [6.07, 6.45) is -0.00308. The molecule has 1 aromatic carbocycles. The Morgan fingerprint density at radius 2 is 1.92 bits per heavy atom. The smallest absolute Gasteiger partial charge is 0.262 e. The van der Waals surface area contributed by atoms with E-state index < -0.39 is 30.8 Å². The Kier molecular flexibility index (Phi) is 7.69. The van der Waals surface area contributed by atoms with Gasteiger partial charge in [0.15, 0.2) is 11.5 Å². The Morgan fingerprint density at radius 3 is 2.44 bits per heavy atom. The van der Waals surface area contributed by atoms with Gasteiger partial charge in [0.2, 0.25) is 11.7 Å². The Bertz CT molecular complexity index is 602. The van der Waals surface area contributed by atoms with E-state index in [1.807, 2.05) is 6.07 Å². The van der Waals surface area contributed by atoms with Crippen molar-refractivity contribution < 1.29 is 27.8 Å². The molecule has 0 saturated carbocycles. The molecule has 1 unspecified atom stereocenters. The van der Waals surface area contributed by atoms with Crippen molar-refractivity contribution in [3.63, 3.8) is 0 Å². The molecule has 0 spiro atoms. The van der Waals surface area contributed by atoms with Gasteiger partial charge in [-0.1, -0.05) is 6.07 Å². The Labute approximate surface area is 151 Å². The van der Waals surface area contributed by atoms with E-state index >= 15 is 0 Å². The van der Waals surface area contributed by atoms with Gasteiger partial charge in [-0.05, 0) is 12.5 Å². The van der Waals surface area contributed by atoms with Crippen LogP contribution in [-0.2, 0) is 11.2 Å². The zero-order chi connectivity index (χ0) is 17.7. The van der Waals surface area contributed by atoms with Gasteiger partial charge in [-0.2, -0.15) is 0 Å². The first-order valence-electron chi connectivity index (χ1n) is 7.58. The summed E-state index contributed by atoms with van der Waals surface area (Å²) in [5.41, 5.74) is 0.820. The third-order valence-electron chi connectivity index (χ3n) is 3.91. The van der Waals surface area contributed by atoms with Crippen molar-refractivity contribution in [2.75, 3.05) is 34.4 Å². The van der Waals surface area contributed by atoms with E-state index in [0.717, 1.165) is 5.56 Å². The molecule has 0 aliphatic carbocycles. The maximum Gasteiger partial charge on any atom is 0.262 e. The van der Waals surface area contributed by atoms with Gasteiger partial charge < -0.3 is 19.5 Å². The van der Waals surface area contributed by atoms with Gasteiger partial charge in [-0.15, -0.1) is 12.4 Å². The second kappa shape index (κ2) is 9.05. The summed E-state index contributed by atoms with van der Waals surface area (Å²) < 4.78 is 42.1. The molecule has 0 radical (unpaired) electrons. The number of hydrogen-bond donors (Lipinski definition) is 2. The predicted octanol–water partition coefficient (Wildman–Crippen LogP) is 1.79. The first-order chi connectivity index (χ1) is 11.4. The number of benzene rings is 1. The first kappa shape index (κ1) is 21.2. The van der Waals surface area contributed by atoms with Gasteiger partial charge in [0, 0.05) is 18.5 Å². The lowest BCUT2D eigenvalue weighted by Crippen LogP contribution is -2.41. The molecule has 2 N–H and O–H groups in total. The van der Waals surface area contributed by atoms with Crippen LogP contribution in [0.2, 0.25) is 0 Å². The Hall–Kier alpha value is -1.80. The molecule has 25 heavy (non-hydrogen) atoms. The highest BCUT2D eigenvalue weighted by Gasteiger charge is 2.42. The summed E-state index contributed by atoms with van der Waals surface area (Å²) >= 11 is 0. The van der Waals surface area contributed by atoms with Crippen molar-refractivity contribution >= 4 is 18.3 Å². The van der Waals surface area contributed by atoms with Crippen LogP contribution in [0.3, 0.4) is 0 Å². The number of amides is 1. The molecule has 1 aliphatic heterocycles. The largest absolute Gasteiger partial charge is 0.493 e. The van der Waals surface area contributed by atoms with Crippen molar-refractivity contribution in [3.8, 4) is 17.2 Å². The Balaban J connectivity index is 0.00000312. The van der Waals surface area contributed by atoms with E-state index in [0.29, 0.717) is 30.2 Å². The highest BCUT2D eigenvalue weighted by molar-refractivity contribution is 5.85. The number of rotatable bonds is 7. The molecule has 1 heterocycles. The fraction of sp³-hybridized carbons (Fsp3) is 0.562. The topological polar surface area (TPSA) is 68.8 Å². The second-order valence-electron chi connectivity index (χ2n) is 5.53. The monoisotopic (exact) mass is 380 g/mol. The highest BCUT2D eigenvalue weighted by Crippen LogP contribution is 2.39. The molecular weight excluding hydrogens is 358 g/mol. The minimum absolute atomic E-state index is 0.